The zero-order valence-corrected chi connectivity index (χ0v) is 16.6. The topological polar surface area (TPSA) is 56.8 Å². The minimum atomic E-state index is -0.242. The number of ether oxygens (including phenoxy) is 3. The lowest BCUT2D eigenvalue weighted by atomic mass is 10.1. The first-order valence-corrected chi connectivity index (χ1v) is 9.19. The number of methoxy groups -OCH3 is 3. The minimum absolute atomic E-state index is 0.0203. The summed E-state index contributed by atoms with van der Waals surface area (Å²) < 4.78 is 15.7. The van der Waals surface area contributed by atoms with Gasteiger partial charge in [0.15, 0.2) is 11.5 Å². The van der Waals surface area contributed by atoms with Crippen LogP contribution >= 0.6 is 11.8 Å². The normalized spacial score (nSPS) is 12.8. The van der Waals surface area contributed by atoms with E-state index in [9.17, 15) is 4.79 Å². The second-order valence-corrected chi connectivity index (χ2v) is 7.19. The monoisotopic (exact) mass is 375 g/mol. The fraction of sp³-hybridized carbons (Fsp3) is 0.350. The van der Waals surface area contributed by atoms with Crippen molar-refractivity contribution in [3.05, 3.63) is 48.0 Å². The van der Waals surface area contributed by atoms with Crippen LogP contribution in [0.5, 0.6) is 17.2 Å². The lowest BCUT2D eigenvalue weighted by Crippen LogP contribution is -2.33. The maximum Gasteiger partial charge on any atom is 0.233 e. The second-order valence-electron chi connectivity index (χ2n) is 5.78. The first kappa shape index (κ1) is 20.0. The summed E-state index contributed by atoms with van der Waals surface area (Å²) in [6.45, 7) is 3.85. The predicted octanol–water partition coefficient (Wildman–Crippen LogP) is 4.07. The average molecular weight is 375 g/mol. The highest BCUT2D eigenvalue weighted by molar-refractivity contribution is 8.00. The molecular formula is C20H25NO4S. The molecule has 0 bridgehead atoms. The number of nitrogens with one attached hydrogen (secondary N) is 1. The fourth-order valence-electron chi connectivity index (χ4n) is 2.45. The molecule has 1 N–H and O–H groups in total. The molecule has 2 rings (SSSR count). The Kier molecular flexibility index (Phi) is 7.21. The van der Waals surface area contributed by atoms with Crippen LogP contribution in [0.25, 0.3) is 0 Å². The van der Waals surface area contributed by atoms with E-state index in [2.05, 4.69) is 5.32 Å². The number of benzene rings is 2. The van der Waals surface area contributed by atoms with E-state index < -0.39 is 0 Å². The van der Waals surface area contributed by atoms with Gasteiger partial charge >= 0.3 is 0 Å². The third kappa shape index (κ3) is 5.08. The molecule has 0 unspecified atom stereocenters. The summed E-state index contributed by atoms with van der Waals surface area (Å²) in [7, 11) is 4.83. The number of hydrogen-bond donors (Lipinski definition) is 1. The SMILES string of the molecule is COc1ccc([C@H](C)NC(=O)[C@@H](C)Sc2ccc(OC)c(OC)c2)cc1. The molecule has 0 saturated carbocycles. The summed E-state index contributed by atoms with van der Waals surface area (Å²) in [5.41, 5.74) is 1.03. The third-order valence-electron chi connectivity index (χ3n) is 4.01. The number of thioether (sulfide) groups is 1. The highest BCUT2D eigenvalue weighted by Crippen LogP contribution is 2.33. The molecule has 1 amide bonds. The van der Waals surface area contributed by atoms with Crippen molar-refractivity contribution in [1.29, 1.82) is 0 Å². The molecule has 2 aromatic carbocycles. The zero-order valence-electron chi connectivity index (χ0n) is 15.7. The van der Waals surface area contributed by atoms with Crippen molar-refractivity contribution < 1.29 is 19.0 Å². The standard InChI is InChI=1S/C20H25NO4S/c1-13(15-6-8-16(23-3)9-7-15)21-20(22)14(2)26-17-10-11-18(24-4)19(12-17)25-5/h6-14H,1-5H3,(H,21,22)/t13-,14+/m0/s1. The van der Waals surface area contributed by atoms with Crippen LogP contribution in [0.1, 0.15) is 25.5 Å². The Morgan fingerprint density at radius 3 is 2.15 bits per heavy atom. The molecule has 140 valence electrons. The maximum absolute atomic E-state index is 12.5. The van der Waals surface area contributed by atoms with Gasteiger partial charge in [-0.2, -0.15) is 0 Å². The van der Waals surface area contributed by atoms with Gasteiger partial charge in [-0.05, 0) is 49.7 Å². The van der Waals surface area contributed by atoms with Crippen molar-refractivity contribution in [2.24, 2.45) is 0 Å². The Bertz CT molecular complexity index is 733. The Balaban J connectivity index is 1.98. The lowest BCUT2D eigenvalue weighted by Gasteiger charge is -2.18. The van der Waals surface area contributed by atoms with Crippen LogP contribution in [0.3, 0.4) is 0 Å². The highest BCUT2D eigenvalue weighted by atomic mass is 32.2. The van der Waals surface area contributed by atoms with Crippen molar-refractivity contribution in [3.8, 4) is 17.2 Å². The largest absolute Gasteiger partial charge is 0.497 e. The van der Waals surface area contributed by atoms with Gasteiger partial charge in [-0.15, -0.1) is 11.8 Å². The third-order valence-corrected chi connectivity index (χ3v) is 5.11. The number of rotatable bonds is 8. The summed E-state index contributed by atoms with van der Waals surface area (Å²) in [5.74, 6) is 2.09. The van der Waals surface area contributed by atoms with Gasteiger partial charge in [0.2, 0.25) is 5.91 Å². The van der Waals surface area contributed by atoms with Crippen molar-refractivity contribution in [3.63, 3.8) is 0 Å². The van der Waals surface area contributed by atoms with Gasteiger partial charge in [-0.25, -0.2) is 0 Å². The van der Waals surface area contributed by atoms with E-state index in [0.29, 0.717) is 11.5 Å². The summed E-state index contributed by atoms with van der Waals surface area (Å²) in [6.07, 6.45) is 0. The van der Waals surface area contributed by atoms with Gasteiger partial charge in [0.1, 0.15) is 5.75 Å². The molecule has 0 fully saturated rings. The maximum atomic E-state index is 12.5. The molecule has 0 spiro atoms. The molecule has 0 aliphatic rings. The number of carbonyl (C=O) groups is 1. The van der Waals surface area contributed by atoms with Crippen LogP contribution in [0.2, 0.25) is 0 Å². The van der Waals surface area contributed by atoms with Gasteiger partial charge in [0.05, 0.1) is 32.6 Å². The Morgan fingerprint density at radius 1 is 0.923 bits per heavy atom. The molecule has 0 heterocycles. The van der Waals surface area contributed by atoms with Gasteiger partial charge in [-0.3, -0.25) is 4.79 Å². The second kappa shape index (κ2) is 9.38. The molecule has 5 nitrogen and oxygen atoms in total. The Labute approximate surface area is 159 Å². The van der Waals surface area contributed by atoms with Crippen LogP contribution in [0, 0.1) is 0 Å². The van der Waals surface area contributed by atoms with Crippen molar-refractivity contribution >= 4 is 17.7 Å². The first-order chi connectivity index (χ1) is 12.5. The molecule has 26 heavy (non-hydrogen) atoms. The van der Waals surface area contributed by atoms with Crippen LogP contribution < -0.4 is 19.5 Å². The van der Waals surface area contributed by atoms with Crippen molar-refractivity contribution in [2.45, 2.75) is 30.0 Å². The molecule has 0 aliphatic heterocycles. The summed E-state index contributed by atoms with van der Waals surface area (Å²) in [5, 5.41) is 2.81. The predicted molar refractivity (Wildman–Crippen MR) is 104 cm³/mol. The zero-order chi connectivity index (χ0) is 19.1. The van der Waals surface area contributed by atoms with Gasteiger partial charge in [0, 0.05) is 4.90 Å². The number of carbonyl (C=O) groups excluding carboxylic acids is 1. The van der Waals surface area contributed by atoms with E-state index in [1.54, 1.807) is 21.3 Å². The molecule has 2 atom stereocenters. The molecule has 2 aromatic rings. The van der Waals surface area contributed by atoms with Gasteiger partial charge < -0.3 is 19.5 Å². The van der Waals surface area contributed by atoms with Crippen LogP contribution in [0.4, 0.5) is 0 Å². The van der Waals surface area contributed by atoms with Gasteiger partial charge in [0.25, 0.3) is 0 Å². The van der Waals surface area contributed by atoms with Crippen LogP contribution in [0.15, 0.2) is 47.4 Å². The molecule has 0 aromatic heterocycles. The lowest BCUT2D eigenvalue weighted by molar-refractivity contribution is -0.120. The fourth-order valence-corrected chi connectivity index (χ4v) is 3.36. The number of hydrogen-bond acceptors (Lipinski definition) is 5. The van der Waals surface area contributed by atoms with Crippen molar-refractivity contribution in [2.75, 3.05) is 21.3 Å². The van der Waals surface area contributed by atoms with E-state index in [0.717, 1.165) is 16.2 Å². The van der Waals surface area contributed by atoms with Crippen LogP contribution in [-0.4, -0.2) is 32.5 Å². The summed E-state index contributed by atoms with van der Waals surface area (Å²) >= 11 is 1.48. The highest BCUT2D eigenvalue weighted by Gasteiger charge is 2.18. The number of amides is 1. The first-order valence-electron chi connectivity index (χ1n) is 8.31. The smallest absolute Gasteiger partial charge is 0.233 e. The van der Waals surface area contributed by atoms with E-state index in [1.165, 1.54) is 11.8 Å². The Morgan fingerprint density at radius 2 is 1.58 bits per heavy atom. The summed E-state index contributed by atoms with van der Waals surface area (Å²) in [6, 6.07) is 13.2. The van der Waals surface area contributed by atoms with Crippen molar-refractivity contribution in [1.82, 2.24) is 5.32 Å². The molecule has 0 aliphatic carbocycles. The average Bonchev–Trinajstić information content (AvgIpc) is 2.67. The Hall–Kier alpha value is -2.34. The minimum Gasteiger partial charge on any atom is -0.497 e. The van der Waals surface area contributed by atoms with E-state index in [4.69, 9.17) is 14.2 Å². The van der Waals surface area contributed by atoms with Gasteiger partial charge in [-0.1, -0.05) is 12.1 Å². The van der Waals surface area contributed by atoms with E-state index in [1.807, 2.05) is 56.3 Å². The van der Waals surface area contributed by atoms with E-state index >= 15 is 0 Å². The van der Waals surface area contributed by atoms with E-state index in [-0.39, 0.29) is 17.2 Å². The molecule has 0 saturated heterocycles. The molecular weight excluding hydrogens is 350 g/mol. The quantitative estimate of drug-likeness (QED) is 0.705. The summed E-state index contributed by atoms with van der Waals surface area (Å²) in [4.78, 5) is 13.5. The van der Waals surface area contributed by atoms with Crippen LogP contribution in [-0.2, 0) is 4.79 Å². The molecule has 0 radical (unpaired) electrons. The molecule has 6 heteroatoms.